The second kappa shape index (κ2) is 5.66. The third kappa shape index (κ3) is 2.82. The Morgan fingerprint density at radius 3 is 2.55 bits per heavy atom. The van der Waals surface area contributed by atoms with Crippen LogP contribution in [0.5, 0.6) is 0 Å². The van der Waals surface area contributed by atoms with Crippen LogP contribution >= 0.6 is 11.6 Å². The summed E-state index contributed by atoms with van der Waals surface area (Å²) in [6.07, 6.45) is 0. The number of aliphatic hydroxyl groups is 1. The number of amides is 1. The number of nitriles is 1. The zero-order valence-electron chi connectivity index (χ0n) is 13.1. The number of hydrogen-bond donors (Lipinski definition) is 1. The monoisotopic (exact) mass is 318 g/mol. The Labute approximate surface area is 135 Å². The summed E-state index contributed by atoms with van der Waals surface area (Å²) in [6, 6.07) is 6.90. The van der Waals surface area contributed by atoms with Gasteiger partial charge in [-0.2, -0.15) is 5.26 Å². The fraction of sp³-hybridized carbons (Fsp3) is 0.412. The Hall–Kier alpha value is -1.99. The smallest absolute Gasteiger partial charge is 0.269 e. The molecule has 0 fully saturated rings. The van der Waals surface area contributed by atoms with E-state index >= 15 is 0 Å². The van der Waals surface area contributed by atoms with Crippen LogP contribution in [0.15, 0.2) is 29.5 Å². The van der Waals surface area contributed by atoms with E-state index in [0.29, 0.717) is 11.6 Å². The number of carbonyl (C=O) groups is 1. The van der Waals surface area contributed by atoms with Crippen molar-refractivity contribution in [2.45, 2.75) is 40.3 Å². The Morgan fingerprint density at radius 2 is 2.05 bits per heavy atom. The lowest BCUT2D eigenvalue weighted by atomic mass is 9.85. The molecule has 1 aliphatic rings. The number of nitrogens with zero attached hydrogens (tertiary/aromatic N) is 2. The lowest BCUT2D eigenvalue weighted by molar-refractivity contribution is -0.129. The molecule has 2 rings (SSSR count). The maximum atomic E-state index is 12.4. The van der Waals surface area contributed by atoms with Crippen LogP contribution in [0.25, 0.3) is 0 Å². The summed E-state index contributed by atoms with van der Waals surface area (Å²) >= 11 is 6.13. The van der Waals surface area contributed by atoms with Crippen LogP contribution in [-0.2, 0) is 11.3 Å². The third-order valence-electron chi connectivity index (χ3n) is 3.82. The summed E-state index contributed by atoms with van der Waals surface area (Å²) in [7, 11) is 0. The standard InChI is InChI=1S/C17H19ClN2O2/c1-10-5-6-11(7-13(10)18)9-20-15(17(2,3)4)14(21)12(8-19)16(20)22/h5-7,15,21H,9H2,1-4H3. The Morgan fingerprint density at radius 1 is 1.41 bits per heavy atom. The van der Waals surface area contributed by atoms with Crippen LogP contribution in [0, 0.1) is 23.7 Å². The van der Waals surface area contributed by atoms with Crippen molar-refractivity contribution >= 4 is 17.5 Å². The van der Waals surface area contributed by atoms with E-state index in [0.717, 1.165) is 11.1 Å². The Balaban J connectivity index is 2.39. The Kier molecular flexibility index (Phi) is 4.21. The highest BCUT2D eigenvalue weighted by Crippen LogP contribution is 2.37. The predicted octanol–water partition coefficient (Wildman–Crippen LogP) is 3.74. The quantitative estimate of drug-likeness (QED) is 0.903. The molecule has 0 aromatic heterocycles. The summed E-state index contributed by atoms with van der Waals surface area (Å²) in [6.45, 7) is 7.99. The fourth-order valence-corrected chi connectivity index (χ4v) is 2.94. The van der Waals surface area contributed by atoms with Gasteiger partial charge in [0, 0.05) is 11.6 Å². The van der Waals surface area contributed by atoms with Gasteiger partial charge in [0.05, 0.1) is 6.04 Å². The highest BCUT2D eigenvalue weighted by Gasteiger charge is 2.45. The minimum atomic E-state index is -0.519. The average Bonchev–Trinajstić information content (AvgIpc) is 2.64. The highest BCUT2D eigenvalue weighted by molar-refractivity contribution is 6.31. The van der Waals surface area contributed by atoms with Gasteiger partial charge >= 0.3 is 0 Å². The molecule has 0 aliphatic carbocycles. The van der Waals surface area contributed by atoms with E-state index in [2.05, 4.69) is 0 Å². The van der Waals surface area contributed by atoms with Crippen molar-refractivity contribution in [3.05, 3.63) is 45.7 Å². The molecule has 0 bridgehead atoms. The lowest BCUT2D eigenvalue weighted by Crippen LogP contribution is -2.43. The normalized spacial score (nSPS) is 18.8. The topological polar surface area (TPSA) is 64.3 Å². The van der Waals surface area contributed by atoms with Gasteiger partial charge < -0.3 is 10.0 Å². The largest absolute Gasteiger partial charge is 0.508 e. The van der Waals surface area contributed by atoms with Crippen molar-refractivity contribution in [3.63, 3.8) is 0 Å². The molecule has 1 aliphatic heterocycles. The van der Waals surface area contributed by atoms with E-state index in [4.69, 9.17) is 16.9 Å². The molecule has 22 heavy (non-hydrogen) atoms. The number of aryl methyl sites for hydroxylation is 1. The van der Waals surface area contributed by atoms with Gasteiger partial charge in [-0.3, -0.25) is 4.79 Å². The predicted molar refractivity (Wildman–Crippen MR) is 85.2 cm³/mol. The number of rotatable bonds is 2. The first kappa shape index (κ1) is 16.4. The number of halogens is 1. The second-order valence-electron chi connectivity index (χ2n) is 6.66. The molecule has 4 nitrogen and oxygen atoms in total. The van der Waals surface area contributed by atoms with Crippen molar-refractivity contribution in [2.75, 3.05) is 0 Å². The summed E-state index contributed by atoms with van der Waals surface area (Å²) in [5, 5.41) is 20.0. The molecular formula is C17H19ClN2O2. The molecule has 0 saturated heterocycles. The molecule has 0 spiro atoms. The van der Waals surface area contributed by atoms with E-state index in [1.165, 1.54) is 4.90 Å². The molecule has 1 aromatic rings. The number of benzene rings is 1. The van der Waals surface area contributed by atoms with Crippen molar-refractivity contribution in [1.82, 2.24) is 4.90 Å². The van der Waals surface area contributed by atoms with E-state index in [9.17, 15) is 9.90 Å². The van der Waals surface area contributed by atoms with Crippen molar-refractivity contribution < 1.29 is 9.90 Å². The molecule has 5 heteroatoms. The summed E-state index contributed by atoms with van der Waals surface area (Å²) in [5.74, 6) is -0.574. The van der Waals surface area contributed by atoms with Crippen LogP contribution in [0.3, 0.4) is 0 Å². The van der Waals surface area contributed by atoms with Gasteiger partial charge in [-0.05, 0) is 29.5 Å². The highest BCUT2D eigenvalue weighted by atomic mass is 35.5. The fourth-order valence-electron chi connectivity index (χ4n) is 2.73. The van der Waals surface area contributed by atoms with Gasteiger partial charge in [-0.15, -0.1) is 0 Å². The van der Waals surface area contributed by atoms with Gasteiger partial charge in [-0.1, -0.05) is 44.5 Å². The molecule has 1 unspecified atom stereocenters. The number of hydrogen-bond acceptors (Lipinski definition) is 3. The summed E-state index contributed by atoms with van der Waals surface area (Å²) < 4.78 is 0. The van der Waals surface area contributed by atoms with Crippen molar-refractivity contribution in [1.29, 1.82) is 5.26 Å². The second-order valence-corrected chi connectivity index (χ2v) is 7.06. The van der Waals surface area contributed by atoms with Crippen LogP contribution < -0.4 is 0 Å². The Bertz CT molecular complexity index is 696. The number of carbonyl (C=O) groups excluding carboxylic acids is 1. The first-order chi connectivity index (χ1) is 10.2. The van der Waals surface area contributed by atoms with Crippen molar-refractivity contribution in [3.8, 4) is 6.07 Å². The summed E-state index contributed by atoms with van der Waals surface area (Å²) in [4.78, 5) is 13.9. The van der Waals surface area contributed by atoms with Crippen LogP contribution in [0.1, 0.15) is 31.9 Å². The molecule has 116 valence electrons. The van der Waals surface area contributed by atoms with E-state index in [1.807, 2.05) is 52.0 Å². The SMILES string of the molecule is Cc1ccc(CN2C(=O)C(C#N)=C(O)C2C(C)(C)C)cc1Cl. The van der Waals surface area contributed by atoms with Gasteiger partial charge in [0.25, 0.3) is 5.91 Å². The zero-order valence-corrected chi connectivity index (χ0v) is 13.9. The third-order valence-corrected chi connectivity index (χ3v) is 4.23. The van der Waals surface area contributed by atoms with E-state index in [1.54, 1.807) is 0 Å². The molecule has 1 aromatic carbocycles. The lowest BCUT2D eigenvalue weighted by Gasteiger charge is -2.35. The van der Waals surface area contributed by atoms with Gasteiger partial charge in [0.2, 0.25) is 0 Å². The maximum absolute atomic E-state index is 12.4. The van der Waals surface area contributed by atoms with E-state index in [-0.39, 0.29) is 16.7 Å². The first-order valence-electron chi connectivity index (χ1n) is 7.06. The molecule has 0 radical (unpaired) electrons. The van der Waals surface area contributed by atoms with Gasteiger partial charge in [0.15, 0.2) is 5.57 Å². The van der Waals surface area contributed by atoms with Crippen LogP contribution in [0.2, 0.25) is 5.02 Å². The van der Waals surface area contributed by atoms with Gasteiger partial charge in [0.1, 0.15) is 11.8 Å². The van der Waals surface area contributed by atoms with Gasteiger partial charge in [-0.25, -0.2) is 0 Å². The number of aliphatic hydroxyl groups excluding tert-OH is 1. The molecular weight excluding hydrogens is 300 g/mol. The van der Waals surface area contributed by atoms with E-state index < -0.39 is 11.9 Å². The van der Waals surface area contributed by atoms with Crippen LogP contribution in [0.4, 0.5) is 0 Å². The molecule has 1 N–H and O–H groups in total. The molecule has 1 amide bonds. The average molecular weight is 319 g/mol. The minimum absolute atomic E-state index is 0.141. The molecule has 0 saturated carbocycles. The van der Waals surface area contributed by atoms with Crippen molar-refractivity contribution in [2.24, 2.45) is 5.41 Å². The zero-order chi connectivity index (χ0) is 16.7. The van der Waals surface area contributed by atoms with Crippen LogP contribution in [-0.4, -0.2) is 22.0 Å². The minimum Gasteiger partial charge on any atom is -0.508 e. The summed E-state index contributed by atoms with van der Waals surface area (Å²) in [5.41, 5.74) is 1.28. The molecule has 1 atom stereocenters. The first-order valence-corrected chi connectivity index (χ1v) is 7.44. The molecule has 1 heterocycles. The maximum Gasteiger partial charge on any atom is 0.269 e.